The molecule has 0 aromatic rings. The number of nitrogens with one attached hydrogen (secondary N) is 1. The van der Waals surface area contributed by atoms with E-state index in [1.807, 2.05) is 13.8 Å². The molecule has 5 heteroatoms. The number of rotatable bonds is 5. The highest BCUT2D eigenvalue weighted by molar-refractivity contribution is 5.90. The molecule has 1 amide bonds. The van der Waals surface area contributed by atoms with Gasteiger partial charge in [-0.3, -0.25) is 4.79 Å². The van der Waals surface area contributed by atoms with Gasteiger partial charge in [0, 0.05) is 0 Å². The summed E-state index contributed by atoms with van der Waals surface area (Å²) in [7, 11) is 0. The van der Waals surface area contributed by atoms with Crippen molar-refractivity contribution < 1.29 is 14.7 Å². The van der Waals surface area contributed by atoms with Gasteiger partial charge in [-0.25, -0.2) is 4.79 Å². The molecule has 0 bridgehead atoms. The van der Waals surface area contributed by atoms with Crippen LogP contribution in [-0.2, 0) is 9.59 Å². The Bertz CT molecular complexity index is 285. The van der Waals surface area contributed by atoms with Crippen LogP contribution in [-0.4, -0.2) is 28.6 Å². The van der Waals surface area contributed by atoms with E-state index in [0.717, 1.165) is 6.42 Å². The van der Waals surface area contributed by atoms with Crippen molar-refractivity contribution in [3.8, 4) is 0 Å². The zero-order chi connectivity index (χ0) is 12.3. The van der Waals surface area contributed by atoms with Crippen molar-refractivity contribution >= 4 is 11.9 Å². The second-order valence-electron chi connectivity index (χ2n) is 4.97. The summed E-state index contributed by atoms with van der Waals surface area (Å²) in [5.41, 5.74) is 4.65. The molecular formula is C11H20N2O3. The monoisotopic (exact) mass is 228 g/mol. The van der Waals surface area contributed by atoms with Crippen molar-refractivity contribution in [1.29, 1.82) is 0 Å². The summed E-state index contributed by atoms with van der Waals surface area (Å²) in [6.07, 6.45) is 2.42. The van der Waals surface area contributed by atoms with Crippen molar-refractivity contribution in [2.24, 2.45) is 11.7 Å². The number of hydrogen-bond acceptors (Lipinski definition) is 3. The molecule has 0 aromatic carbocycles. The first-order valence-corrected chi connectivity index (χ1v) is 5.68. The van der Waals surface area contributed by atoms with Gasteiger partial charge in [-0.15, -0.1) is 0 Å². The van der Waals surface area contributed by atoms with Crippen LogP contribution in [0, 0.1) is 5.92 Å². The van der Waals surface area contributed by atoms with Crippen LogP contribution in [0.15, 0.2) is 0 Å². The van der Waals surface area contributed by atoms with E-state index in [1.54, 1.807) is 0 Å². The first-order chi connectivity index (χ1) is 7.37. The molecule has 0 saturated heterocycles. The Morgan fingerprint density at radius 2 is 2.00 bits per heavy atom. The van der Waals surface area contributed by atoms with Crippen LogP contribution in [0.2, 0.25) is 0 Å². The van der Waals surface area contributed by atoms with Crippen LogP contribution in [0.3, 0.4) is 0 Å². The number of amides is 1. The minimum Gasteiger partial charge on any atom is -0.480 e. The largest absolute Gasteiger partial charge is 0.480 e. The number of nitrogens with two attached hydrogens (primary N) is 1. The van der Waals surface area contributed by atoms with E-state index >= 15 is 0 Å². The molecule has 1 aliphatic carbocycles. The van der Waals surface area contributed by atoms with Gasteiger partial charge in [0.15, 0.2) is 0 Å². The van der Waals surface area contributed by atoms with Crippen molar-refractivity contribution in [1.82, 2.24) is 5.32 Å². The van der Waals surface area contributed by atoms with E-state index in [2.05, 4.69) is 5.32 Å². The van der Waals surface area contributed by atoms with Crippen molar-refractivity contribution in [3.63, 3.8) is 0 Å². The van der Waals surface area contributed by atoms with Gasteiger partial charge in [0.1, 0.15) is 5.54 Å². The van der Waals surface area contributed by atoms with Crippen LogP contribution in [0.4, 0.5) is 0 Å². The molecule has 1 aliphatic rings. The third kappa shape index (κ3) is 2.72. The number of carbonyl (C=O) groups is 2. The normalized spacial score (nSPS) is 20.0. The molecule has 92 valence electrons. The first kappa shape index (κ1) is 13.0. The molecule has 0 radical (unpaired) electrons. The number of carboxylic acids is 1. The number of aliphatic carboxylic acids is 1. The lowest BCUT2D eigenvalue weighted by atomic mass is 9.76. The molecule has 16 heavy (non-hydrogen) atoms. The van der Waals surface area contributed by atoms with E-state index in [4.69, 9.17) is 10.8 Å². The van der Waals surface area contributed by atoms with Crippen LogP contribution in [0.25, 0.3) is 0 Å². The quantitative estimate of drug-likeness (QED) is 0.638. The number of carboxylic acid groups (broad SMARTS) is 1. The van der Waals surface area contributed by atoms with Gasteiger partial charge in [0.05, 0.1) is 6.04 Å². The Kier molecular flexibility index (Phi) is 3.91. The summed E-state index contributed by atoms with van der Waals surface area (Å²) in [4.78, 5) is 22.7. The Hall–Kier alpha value is -1.10. The van der Waals surface area contributed by atoms with Crippen molar-refractivity contribution in [2.45, 2.75) is 51.1 Å². The zero-order valence-electron chi connectivity index (χ0n) is 9.82. The first-order valence-electron chi connectivity index (χ1n) is 5.68. The Labute approximate surface area is 95.4 Å². The summed E-state index contributed by atoms with van der Waals surface area (Å²) in [6.45, 7) is 3.95. The van der Waals surface area contributed by atoms with Gasteiger partial charge < -0.3 is 16.2 Å². The minimum atomic E-state index is -1.05. The molecular weight excluding hydrogens is 208 g/mol. The summed E-state index contributed by atoms with van der Waals surface area (Å²) in [6, 6.07) is -0.614. The molecule has 1 saturated carbocycles. The predicted molar refractivity (Wildman–Crippen MR) is 59.8 cm³/mol. The fourth-order valence-electron chi connectivity index (χ4n) is 1.87. The van der Waals surface area contributed by atoms with Gasteiger partial charge in [-0.1, -0.05) is 13.8 Å². The lowest BCUT2D eigenvalue weighted by Crippen LogP contribution is -2.62. The summed E-state index contributed by atoms with van der Waals surface area (Å²) in [5, 5.41) is 11.6. The van der Waals surface area contributed by atoms with E-state index in [9.17, 15) is 9.59 Å². The predicted octanol–water partition coefficient (Wildman–Crippen LogP) is 0.483. The van der Waals surface area contributed by atoms with Gasteiger partial charge in [-0.2, -0.15) is 0 Å². The zero-order valence-corrected chi connectivity index (χ0v) is 9.82. The fourth-order valence-corrected chi connectivity index (χ4v) is 1.87. The maximum atomic E-state index is 11.7. The van der Waals surface area contributed by atoms with Crippen LogP contribution < -0.4 is 11.1 Å². The SMILES string of the molecule is CC(C)C[C@@H](N)C(=O)NC1(C(=O)O)CCC1. The fraction of sp³-hybridized carbons (Fsp3) is 0.818. The molecule has 0 heterocycles. The molecule has 0 spiro atoms. The van der Waals surface area contributed by atoms with Gasteiger partial charge in [0.25, 0.3) is 0 Å². The molecule has 1 rings (SSSR count). The standard InChI is InChI=1S/C11H20N2O3/c1-7(2)6-8(12)9(14)13-11(10(15)16)4-3-5-11/h7-8H,3-6,12H2,1-2H3,(H,13,14)(H,15,16)/t8-/m1/s1. The van der Waals surface area contributed by atoms with Crippen LogP contribution in [0.1, 0.15) is 39.5 Å². The average molecular weight is 228 g/mol. The average Bonchev–Trinajstić information content (AvgIpc) is 2.08. The highest BCUT2D eigenvalue weighted by atomic mass is 16.4. The lowest BCUT2D eigenvalue weighted by Gasteiger charge is -2.38. The Balaban J connectivity index is 2.53. The van der Waals surface area contributed by atoms with Crippen LogP contribution >= 0.6 is 0 Å². The Morgan fingerprint density at radius 3 is 2.31 bits per heavy atom. The second-order valence-corrected chi connectivity index (χ2v) is 4.97. The maximum Gasteiger partial charge on any atom is 0.329 e. The van der Waals surface area contributed by atoms with E-state index in [1.165, 1.54) is 0 Å². The molecule has 5 nitrogen and oxygen atoms in total. The number of carbonyl (C=O) groups excluding carboxylic acids is 1. The Morgan fingerprint density at radius 1 is 1.44 bits per heavy atom. The molecule has 0 aromatic heterocycles. The molecule has 1 atom stereocenters. The molecule has 0 aliphatic heterocycles. The van der Waals surface area contributed by atoms with Gasteiger partial charge in [0.2, 0.25) is 5.91 Å². The second kappa shape index (κ2) is 4.82. The van der Waals surface area contributed by atoms with Gasteiger partial charge in [-0.05, 0) is 31.6 Å². The van der Waals surface area contributed by atoms with Gasteiger partial charge >= 0.3 is 5.97 Å². The summed E-state index contributed by atoms with van der Waals surface area (Å²) >= 11 is 0. The molecule has 1 fully saturated rings. The number of hydrogen-bond donors (Lipinski definition) is 3. The van der Waals surface area contributed by atoms with Crippen LogP contribution in [0.5, 0.6) is 0 Å². The molecule has 0 unspecified atom stereocenters. The highest BCUT2D eigenvalue weighted by Gasteiger charge is 2.46. The maximum absolute atomic E-state index is 11.7. The summed E-state index contributed by atoms with van der Waals surface area (Å²) < 4.78 is 0. The highest BCUT2D eigenvalue weighted by Crippen LogP contribution is 2.32. The third-order valence-electron chi connectivity index (χ3n) is 3.04. The summed E-state index contributed by atoms with van der Waals surface area (Å²) in [5.74, 6) is -0.984. The minimum absolute atomic E-state index is 0.322. The molecule has 4 N–H and O–H groups in total. The van der Waals surface area contributed by atoms with Crippen molar-refractivity contribution in [3.05, 3.63) is 0 Å². The third-order valence-corrected chi connectivity index (χ3v) is 3.04. The van der Waals surface area contributed by atoms with E-state index < -0.39 is 17.6 Å². The van der Waals surface area contributed by atoms with E-state index in [0.29, 0.717) is 25.2 Å². The topological polar surface area (TPSA) is 92.4 Å². The van der Waals surface area contributed by atoms with Crippen molar-refractivity contribution in [2.75, 3.05) is 0 Å². The smallest absolute Gasteiger partial charge is 0.329 e. The van der Waals surface area contributed by atoms with E-state index in [-0.39, 0.29) is 5.91 Å². The lowest BCUT2D eigenvalue weighted by molar-refractivity contribution is -0.152.